The number of esters is 1. The number of anilines is 1. The quantitative estimate of drug-likeness (QED) is 0.120. The van der Waals surface area contributed by atoms with Crippen LogP contribution in [0.2, 0.25) is 0 Å². The van der Waals surface area contributed by atoms with Gasteiger partial charge in [-0.05, 0) is 73.8 Å². The van der Waals surface area contributed by atoms with Crippen LogP contribution in [-0.4, -0.2) is 64.9 Å². The molecule has 11 nitrogen and oxygen atoms in total. The molecule has 0 bridgehead atoms. The second kappa shape index (κ2) is 13.8. The smallest absolute Gasteiger partial charge is 0.417 e. The molecule has 0 saturated heterocycles. The number of aromatic nitrogens is 1. The largest absolute Gasteiger partial charge is 0.462 e. The molecule has 2 amide bonds. The van der Waals surface area contributed by atoms with Gasteiger partial charge < -0.3 is 19.5 Å². The Morgan fingerprint density at radius 2 is 1.64 bits per heavy atom. The molecular formula is C28H41N5O6. The molecule has 0 aliphatic rings. The molecular weight excluding hydrogens is 502 g/mol. The number of unbranched alkanes of at least 4 members (excludes halogenated alkanes) is 2. The van der Waals surface area contributed by atoms with Gasteiger partial charge in [-0.2, -0.15) is 0 Å². The van der Waals surface area contributed by atoms with E-state index < -0.39 is 35.3 Å². The van der Waals surface area contributed by atoms with Crippen LogP contribution >= 0.6 is 0 Å². The lowest BCUT2D eigenvalue weighted by Gasteiger charge is -2.28. The van der Waals surface area contributed by atoms with Crippen molar-refractivity contribution in [1.29, 1.82) is 5.41 Å². The highest BCUT2D eigenvalue weighted by Crippen LogP contribution is 2.26. The summed E-state index contributed by atoms with van der Waals surface area (Å²) >= 11 is 0. The summed E-state index contributed by atoms with van der Waals surface area (Å²) in [5.41, 5.74) is 0.278. The van der Waals surface area contributed by atoms with Gasteiger partial charge >= 0.3 is 18.2 Å². The van der Waals surface area contributed by atoms with Crippen LogP contribution < -0.4 is 10.6 Å². The first-order valence-corrected chi connectivity index (χ1v) is 13.1. The number of nitrogens with zero attached hydrogens (tertiary/aromatic N) is 2. The Kier molecular flexibility index (Phi) is 11.1. The maximum absolute atomic E-state index is 12.8. The number of carbonyl (C=O) groups excluding carboxylic acids is 3. The van der Waals surface area contributed by atoms with Gasteiger partial charge in [-0.25, -0.2) is 19.3 Å². The van der Waals surface area contributed by atoms with Crippen LogP contribution in [0.25, 0.3) is 10.9 Å². The van der Waals surface area contributed by atoms with Crippen molar-refractivity contribution in [3.8, 4) is 0 Å². The van der Waals surface area contributed by atoms with Gasteiger partial charge in [0.2, 0.25) is 5.96 Å². The van der Waals surface area contributed by atoms with Crippen molar-refractivity contribution in [1.82, 2.24) is 15.2 Å². The molecule has 214 valence electrons. The van der Waals surface area contributed by atoms with Crippen molar-refractivity contribution in [2.45, 2.75) is 78.9 Å². The first-order valence-electron chi connectivity index (χ1n) is 13.1. The molecule has 1 heterocycles. The Morgan fingerprint density at radius 3 is 2.28 bits per heavy atom. The SMILES string of the molecule is CCOC(=O)c1cnc2ccccc2c1NCCCCCN(C(=N)NC(=O)OC(C)(C)C)C(=O)OC(C)(C)C. The highest BCUT2D eigenvalue weighted by Gasteiger charge is 2.27. The number of hydrogen-bond acceptors (Lipinski definition) is 9. The van der Waals surface area contributed by atoms with Crippen LogP contribution in [0.1, 0.15) is 78.1 Å². The van der Waals surface area contributed by atoms with Crippen molar-refractivity contribution in [2.24, 2.45) is 0 Å². The summed E-state index contributed by atoms with van der Waals surface area (Å²) < 4.78 is 15.8. The predicted octanol–water partition coefficient (Wildman–Crippen LogP) is 5.69. The second-order valence-corrected chi connectivity index (χ2v) is 10.9. The summed E-state index contributed by atoms with van der Waals surface area (Å²) in [5, 5.41) is 14.7. The maximum atomic E-state index is 12.8. The number of ether oxygens (including phenoxy) is 3. The fourth-order valence-electron chi connectivity index (χ4n) is 3.56. The molecule has 0 radical (unpaired) electrons. The van der Waals surface area contributed by atoms with E-state index in [1.54, 1.807) is 48.5 Å². The average molecular weight is 544 g/mol. The Balaban J connectivity index is 2.01. The maximum Gasteiger partial charge on any atom is 0.417 e. The minimum Gasteiger partial charge on any atom is -0.462 e. The fraction of sp³-hybridized carbons (Fsp3) is 0.536. The lowest BCUT2D eigenvalue weighted by atomic mass is 10.1. The van der Waals surface area contributed by atoms with Gasteiger partial charge in [0.25, 0.3) is 0 Å². The molecule has 0 aliphatic carbocycles. The van der Waals surface area contributed by atoms with E-state index in [-0.39, 0.29) is 13.2 Å². The van der Waals surface area contributed by atoms with Gasteiger partial charge in [-0.1, -0.05) is 18.2 Å². The summed E-state index contributed by atoms with van der Waals surface area (Å²) in [6.07, 6.45) is 1.92. The molecule has 0 atom stereocenters. The number of amides is 2. The van der Waals surface area contributed by atoms with Crippen LogP contribution in [0.4, 0.5) is 15.3 Å². The van der Waals surface area contributed by atoms with E-state index in [1.165, 1.54) is 6.20 Å². The van der Waals surface area contributed by atoms with E-state index in [4.69, 9.17) is 19.6 Å². The summed E-state index contributed by atoms with van der Waals surface area (Å²) in [7, 11) is 0. The number of hydrogen-bond donors (Lipinski definition) is 3. The van der Waals surface area contributed by atoms with E-state index in [1.807, 2.05) is 24.3 Å². The Morgan fingerprint density at radius 1 is 0.974 bits per heavy atom. The number of para-hydroxylation sites is 1. The fourth-order valence-corrected chi connectivity index (χ4v) is 3.56. The molecule has 0 unspecified atom stereocenters. The molecule has 2 rings (SSSR count). The van der Waals surface area contributed by atoms with Crippen molar-refractivity contribution in [3.05, 3.63) is 36.0 Å². The summed E-state index contributed by atoms with van der Waals surface area (Å²) in [5.74, 6) is -0.860. The highest BCUT2D eigenvalue weighted by molar-refractivity contribution is 6.05. The third-order valence-electron chi connectivity index (χ3n) is 5.13. The number of rotatable bonds is 9. The number of nitrogens with one attached hydrogen (secondary N) is 3. The standard InChI is InChI=1S/C28H41N5O6/c1-8-37-23(34)20-18-31-21-15-11-10-14-19(21)22(20)30-16-12-9-13-17-33(26(36)39-28(5,6)7)24(29)32-25(35)38-27(2,3)4/h10-11,14-15,18H,8-9,12-13,16-17H2,1-7H3,(H,30,31)(H2,29,32,35). The number of carbonyl (C=O) groups is 3. The van der Waals surface area contributed by atoms with E-state index in [9.17, 15) is 14.4 Å². The first kappa shape index (κ1) is 31.3. The van der Waals surface area contributed by atoms with Crippen molar-refractivity contribution < 1.29 is 28.6 Å². The number of benzene rings is 1. The zero-order valence-corrected chi connectivity index (χ0v) is 24.0. The van der Waals surface area contributed by atoms with E-state index >= 15 is 0 Å². The molecule has 11 heteroatoms. The molecule has 2 aromatic rings. The second-order valence-electron chi connectivity index (χ2n) is 10.9. The van der Waals surface area contributed by atoms with Gasteiger partial charge in [0.1, 0.15) is 16.8 Å². The van der Waals surface area contributed by atoms with E-state index in [0.29, 0.717) is 37.1 Å². The third-order valence-corrected chi connectivity index (χ3v) is 5.13. The molecule has 0 fully saturated rings. The van der Waals surface area contributed by atoms with Crippen molar-refractivity contribution in [3.63, 3.8) is 0 Å². The molecule has 3 N–H and O–H groups in total. The summed E-state index contributed by atoms with van der Waals surface area (Å²) in [4.78, 5) is 42.8. The molecule has 1 aromatic heterocycles. The molecule has 0 spiro atoms. The number of fused-ring (bicyclic) bond motifs is 1. The minimum atomic E-state index is -0.827. The van der Waals surface area contributed by atoms with Gasteiger partial charge in [0.15, 0.2) is 0 Å². The van der Waals surface area contributed by atoms with Gasteiger partial charge in [-0.15, -0.1) is 0 Å². The van der Waals surface area contributed by atoms with Crippen molar-refractivity contribution >= 4 is 40.7 Å². The van der Waals surface area contributed by atoms with Gasteiger partial charge in [0, 0.05) is 24.7 Å². The normalized spacial score (nSPS) is 11.5. The van der Waals surface area contributed by atoms with Gasteiger partial charge in [-0.3, -0.25) is 15.7 Å². The molecule has 39 heavy (non-hydrogen) atoms. The monoisotopic (exact) mass is 543 g/mol. The third kappa shape index (κ3) is 10.4. The average Bonchev–Trinajstić information content (AvgIpc) is 2.80. The number of guanidine groups is 1. The summed E-state index contributed by atoms with van der Waals surface area (Å²) in [6, 6.07) is 7.54. The minimum absolute atomic E-state index is 0.163. The molecule has 0 aliphatic heterocycles. The van der Waals surface area contributed by atoms with Crippen LogP contribution in [0.3, 0.4) is 0 Å². The Labute approximate surface area is 230 Å². The van der Waals surface area contributed by atoms with E-state index in [2.05, 4.69) is 15.6 Å². The predicted molar refractivity (Wildman–Crippen MR) is 150 cm³/mol. The first-order chi connectivity index (χ1) is 18.2. The van der Waals surface area contributed by atoms with Gasteiger partial charge in [0.05, 0.1) is 17.8 Å². The molecule has 0 saturated carbocycles. The molecule has 1 aromatic carbocycles. The topological polar surface area (TPSA) is 143 Å². The van der Waals surface area contributed by atoms with Crippen molar-refractivity contribution in [2.75, 3.05) is 25.0 Å². The van der Waals surface area contributed by atoms with Crippen LogP contribution in [0.5, 0.6) is 0 Å². The lowest BCUT2D eigenvalue weighted by molar-refractivity contribution is 0.0354. The Bertz CT molecular complexity index is 1170. The van der Waals surface area contributed by atoms with Crippen LogP contribution in [0.15, 0.2) is 30.5 Å². The zero-order valence-electron chi connectivity index (χ0n) is 24.0. The summed E-state index contributed by atoms with van der Waals surface area (Å²) in [6.45, 7) is 13.0. The lowest BCUT2D eigenvalue weighted by Crippen LogP contribution is -2.49. The Hall–Kier alpha value is -3.89. The zero-order chi connectivity index (χ0) is 29.2. The number of pyridine rings is 1. The van der Waals surface area contributed by atoms with Crippen LogP contribution in [-0.2, 0) is 14.2 Å². The highest BCUT2D eigenvalue weighted by atomic mass is 16.6. The number of alkyl carbamates (subject to hydrolysis) is 1. The van der Waals surface area contributed by atoms with Crippen LogP contribution in [0, 0.1) is 5.41 Å². The van der Waals surface area contributed by atoms with E-state index in [0.717, 1.165) is 15.8 Å².